The zero-order valence-electron chi connectivity index (χ0n) is 6.12. The average molecular weight is 136 g/mol. The Bertz CT molecular complexity index is 182. The molecule has 0 aliphatic heterocycles. The van der Waals surface area contributed by atoms with Gasteiger partial charge in [-0.05, 0) is 19.1 Å². The van der Waals surface area contributed by atoms with Crippen LogP contribution in [0, 0.1) is 0 Å². The number of rotatable bonds is 2. The van der Waals surface area contributed by atoms with Crippen molar-refractivity contribution < 1.29 is 0 Å². The van der Waals surface area contributed by atoms with Crippen LogP contribution in [-0.2, 0) is 6.42 Å². The first-order valence-electron chi connectivity index (χ1n) is 3.44. The van der Waals surface area contributed by atoms with Gasteiger partial charge in [0, 0.05) is 24.4 Å². The first-order valence-corrected chi connectivity index (χ1v) is 3.44. The van der Waals surface area contributed by atoms with Gasteiger partial charge in [-0.25, -0.2) is 0 Å². The molecule has 0 saturated heterocycles. The molecule has 2 nitrogen and oxygen atoms in total. The molecule has 10 heavy (non-hydrogen) atoms. The number of hydrogen-bond acceptors (Lipinski definition) is 2. The summed E-state index contributed by atoms with van der Waals surface area (Å²) in [5.41, 5.74) is 6.65. The van der Waals surface area contributed by atoms with Crippen LogP contribution in [0.1, 0.15) is 12.6 Å². The highest BCUT2D eigenvalue weighted by molar-refractivity contribution is 5.04. The Morgan fingerprint density at radius 2 is 2.40 bits per heavy atom. The lowest BCUT2D eigenvalue weighted by Gasteiger charge is -2.01. The van der Waals surface area contributed by atoms with E-state index in [1.807, 2.05) is 25.1 Å². The fraction of sp³-hybridized carbons (Fsp3) is 0.375. The molecular formula is C8H12N2. The molecule has 0 saturated carbocycles. The van der Waals surface area contributed by atoms with Crippen molar-refractivity contribution in [2.75, 3.05) is 0 Å². The lowest BCUT2D eigenvalue weighted by Crippen LogP contribution is -2.18. The number of nitrogens with two attached hydrogens (primary N) is 1. The second kappa shape index (κ2) is 3.32. The summed E-state index contributed by atoms with van der Waals surface area (Å²) in [5.74, 6) is 0. The molecule has 0 radical (unpaired) electrons. The van der Waals surface area contributed by atoms with E-state index in [1.54, 1.807) is 6.20 Å². The molecule has 1 rings (SSSR count). The van der Waals surface area contributed by atoms with Gasteiger partial charge in [-0.3, -0.25) is 4.98 Å². The van der Waals surface area contributed by atoms with E-state index < -0.39 is 0 Å². The van der Waals surface area contributed by atoms with Gasteiger partial charge in [0.1, 0.15) is 0 Å². The first kappa shape index (κ1) is 7.22. The van der Waals surface area contributed by atoms with Crippen LogP contribution >= 0.6 is 0 Å². The van der Waals surface area contributed by atoms with Crippen molar-refractivity contribution in [1.29, 1.82) is 0 Å². The van der Waals surface area contributed by atoms with Crippen molar-refractivity contribution in [2.24, 2.45) is 5.73 Å². The first-order chi connectivity index (χ1) is 4.79. The van der Waals surface area contributed by atoms with Gasteiger partial charge >= 0.3 is 0 Å². The number of pyridine rings is 1. The average Bonchev–Trinajstić information content (AvgIpc) is 1.88. The third-order valence-corrected chi connectivity index (χ3v) is 1.26. The van der Waals surface area contributed by atoms with Crippen LogP contribution in [0.25, 0.3) is 0 Å². The number of nitrogens with zero attached hydrogens (tertiary/aromatic N) is 1. The summed E-state index contributed by atoms with van der Waals surface area (Å²) in [4.78, 5) is 4.14. The van der Waals surface area contributed by atoms with E-state index >= 15 is 0 Å². The highest BCUT2D eigenvalue weighted by atomic mass is 14.7. The number of hydrogen-bond donors (Lipinski definition) is 1. The van der Waals surface area contributed by atoms with Crippen molar-refractivity contribution in [3.63, 3.8) is 0 Å². The summed E-state index contributed by atoms with van der Waals surface area (Å²) in [7, 11) is 0. The van der Waals surface area contributed by atoms with Crippen LogP contribution in [-0.4, -0.2) is 11.0 Å². The van der Waals surface area contributed by atoms with Gasteiger partial charge in [-0.2, -0.15) is 0 Å². The maximum absolute atomic E-state index is 5.58. The van der Waals surface area contributed by atoms with Gasteiger partial charge in [0.25, 0.3) is 0 Å². The van der Waals surface area contributed by atoms with Crippen molar-refractivity contribution in [1.82, 2.24) is 4.98 Å². The second-order valence-corrected chi connectivity index (χ2v) is 2.50. The van der Waals surface area contributed by atoms with Crippen LogP contribution in [0.2, 0.25) is 0 Å². The van der Waals surface area contributed by atoms with Crippen molar-refractivity contribution in [3.05, 3.63) is 30.1 Å². The van der Waals surface area contributed by atoms with E-state index in [1.165, 1.54) is 0 Å². The zero-order chi connectivity index (χ0) is 7.40. The fourth-order valence-corrected chi connectivity index (χ4v) is 0.849. The molecule has 1 aromatic heterocycles. The minimum atomic E-state index is 0.204. The van der Waals surface area contributed by atoms with Crippen molar-refractivity contribution >= 4 is 0 Å². The van der Waals surface area contributed by atoms with Gasteiger partial charge in [-0.15, -0.1) is 0 Å². The van der Waals surface area contributed by atoms with Crippen molar-refractivity contribution in [2.45, 2.75) is 19.4 Å². The van der Waals surface area contributed by atoms with E-state index in [9.17, 15) is 0 Å². The molecule has 0 fully saturated rings. The second-order valence-electron chi connectivity index (χ2n) is 2.50. The lowest BCUT2D eigenvalue weighted by molar-refractivity contribution is 0.722. The molecule has 0 unspecified atom stereocenters. The fourth-order valence-electron chi connectivity index (χ4n) is 0.849. The summed E-state index contributed by atoms with van der Waals surface area (Å²) in [6.45, 7) is 1.98. The lowest BCUT2D eigenvalue weighted by atomic mass is 10.2. The predicted molar refractivity (Wildman–Crippen MR) is 41.6 cm³/mol. The Morgan fingerprint density at radius 1 is 1.60 bits per heavy atom. The molecule has 54 valence electrons. The minimum Gasteiger partial charge on any atom is -0.328 e. The van der Waals surface area contributed by atoms with Gasteiger partial charge in [0.2, 0.25) is 0 Å². The molecule has 1 heterocycles. The van der Waals surface area contributed by atoms with Crippen LogP contribution < -0.4 is 5.73 Å². The summed E-state index contributed by atoms with van der Waals surface area (Å²) in [5, 5.41) is 0. The standard InChI is InChI=1S/C8H12N2/c1-7(9)6-8-4-2-3-5-10-8/h2-5,7H,6,9H2,1H3/t7-/m1/s1. The smallest absolute Gasteiger partial charge is 0.0418 e. The topological polar surface area (TPSA) is 38.9 Å². The maximum atomic E-state index is 5.58. The molecule has 0 spiro atoms. The zero-order valence-corrected chi connectivity index (χ0v) is 6.12. The highest BCUT2D eigenvalue weighted by Crippen LogP contribution is 1.95. The molecular weight excluding hydrogens is 124 g/mol. The minimum absolute atomic E-state index is 0.204. The summed E-state index contributed by atoms with van der Waals surface area (Å²) in [6, 6.07) is 6.08. The molecule has 1 atom stereocenters. The molecule has 0 aliphatic carbocycles. The SMILES string of the molecule is C[C@@H](N)Cc1ccccn1. The Kier molecular flexibility index (Phi) is 2.40. The largest absolute Gasteiger partial charge is 0.328 e. The van der Waals surface area contributed by atoms with Gasteiger partial charge in [0.05, 0.1) is 0 Å². The monoisotopic (exact) mass is 136 g/mol. The quantitative estimate of drug-likeness (QED) is 0.658. The molecule has 2 heteroatoms. The molecule has 0 aromatic carbocycles. The van der Waals surface area contributed by atoms with Gasteiger partial charge in [-0.1, -0.05) is 6.07 Å². The predicted octanol–water partition coefficient (Wildman–Crippen LogP) is 0.971. The molecule has 2 N–H and O–H groups in total. The van der Waals surface area contributed by atoms with Crippen LogP contribution in [0.5, 0.6) is 0 Å². The van der Waals surface area contributed by atoms with Crippen LogP contribution in [0.15, 0.2) is 24.4 Å². The Balaban J connectivity index is 2.59. The van der Waals surface area contributed by atoms with E-state index in [-0.39, 0.29) is 6.04 Å². The maximum Gasteiger partial charge on any atom is 0.0418 e. The van der Waals surface area contributed by atoms with E-state index in [4.69, 9.17) is 5.73 Å². The van der Waals surface area contributed by atoms with Crippen molar-refractivity contribution in [3.8, 4) is 0 Å². The van der Waals surface area contributed by atoms with E-state index in [2.05, 4.69) is 4.98 Å². The normalized spacial score (nSPS) is 13.0. The third kappa shape index (κ3) is 2.15. The molecule has 1 aromatic rings. The molecule has 0 amide bonds. The van der Waals surface area contributed by atoms with Crippen LogP contribution in [0.4, 0.5) is 0 Å². The summed E-state index contributed by atoms with van der Waals surface area (Å²) in [6.07, 6.45) is 2.65. The number of aromatic nitrogens is 1. The Labute approximate surface area is 61.1 Å². The van der Waals surface area contributed by atoms with Crippen LogP contribution in [0.3, 0.4) is 0 Å². The van der Waals surface area contributed by atoms with E-state index in [0.29, 0.717) is 0 Å². The summed E-state index contributed by atoms with van der Waals surface area (Å²) >= 11 is 0. The van der Waals surface area contributed by atoms with Gasteiger partial charge < -0.3 is 5.73 Å². The Hall–Kier alpha value is -0.890. The van der Waals surface area contributed by atoms with E-state index in [0.717, 1.165) is 12.1 Å². The highest BCUT2D eigenvalue weighted by Gasteiger charge is 1.95. The summed E-state index contributed by atoms with van der Waals surface area (Å²) < 4.78 is 0. The Morgan fingerprint density at radius 3 is 2.90 bits per heavy atom. The molecule has 0 aliphatic rings. The molecule has 0 bridgehead atoms. The van der Waals surface area contributed by atoms with Gasteiger partial charge in [0.15, 0.2) is 0 Å². The third-order valence-electron chi connectivity index (χ3n) is 1.26.